The van der Waals surface area contributed by atoms with Crippen molar-refractivity contribution in [1.82, 2.24) is 0 Å². The summed E-state index contributed by atoms with van der Waals surface area (Å²) in [5.74, 6) is 0.740. The lowest BCUT2D eigenvalue weighted by Gasteiger charge is -2.36. The number of methoxy groups -OCH3 is 1. The number of hydrogen-bond donors (Lipinski definition) is 2. The van der Waals surface area contributed by atoms with Crippen LogP contribution in [0.15, 0.2) is 53.4 Å². The van der Waals surface area contributed by atoms with Crippen molar-refractivity contribution in [2.24, 2.45) is 5.14 Å². The van der Waals surface area contributed by atoms with Gasteiger partial charge in [-0.3, -0.25) is 0 Å². The summed E-state index contributed by atoms with van der Waals surface area (Å²) in [7, 11) is -2.18. The molecular weight excluding hydrogens is 362 g/mol. The summed E-state index contributed by atoms with van der Waals surface area (Å²) >= 11 is 0. The minimum Gasteiger partial charge on any atom is -0.497 e. The number of anilines is 1. The lowest BCUT2D eigenvalue weighted by molar-refractivity contribution is 0.342. The number of para-hydroxylation sites is 1. The van der Waals surface area contributed by atoms with Crippen molar-refractivity contribution >= 4 is 15.7 Å². The second kappa shape index (κ2) is 7.59. The fourth-order valence-electron chi connectivity index (χ4n) is 3.69. The van der Waals surface area contributed by atoms with Crippen molar-refractivity contribution in [3.8, 4) is 11.8 Å². The largest absolute Gasteiger partial charge is 0.497 e. The molecule has 3 rings (SSSR count). The predicted molar refractivity (Wildman–Crippen MR) is 104 cm³/mol. The Morgan fingerprint density at radius 3 is 2.52 bits per heavy atom. The van der Waals surface area contributed by atoms with Crippen LogP contribution in [0.5, 0.6) is 5.75 Å². The Hall–Kier alpha value is -2.56. The molecule has 0 heterocycles. The predicted octanol–water partition coefficient (Wildman–Crippen LogP) is 3.16. The molecule has 1 aliphatic rings. The molecule has 0 amide bonds. The van der Waals surface area contributed by atoms with Gasteiger partial charge in [0.2, 0.25) is 10.0 Å². The smallest absolute Gasteiger partial charge is 0.240 e. The van der Waals surface area contributed by atoms with Crippen LogP contribution in [0.2, 0.25) is 0 Å². The van der Waals surface area contributed by atoms with E-state index in [2.05, 4.69) is 11.4 Å². The Kier molecular flexibility index (Phi) is 5.40. The molecule has 7 heteroatoms. The number of benzene rings is 2. The standard InChI is InChI=1S/C20H23N3O3S/c1-26-17-6-4-5-15(13-17)20(14-21)11-9-16(10-12-20)23-18-7-2-3-8-19(18)27(22,24)25/h2-8,13,16,23H,9-12H2,1H3,(H2,22,24,25)/t16-,20+. The highest BCUT2D eigenvalue weighted by Crippen LogP contribution is 2.41. The van der Waals surface area contributed by atoms with E-state index in [0.29, 0.717) is 18.5 Å². The molecule has 142 valence electrons. The summed E-state index contributed by atoms with van der Waals surface area (Å²) in [4.78, 5) is 0.0925. The van der Waals surface area contributed by atoms with Gasteiger partial charge < -0.3 is 10.1 Å². The second-order valence-electron chi connectivity index (χ2n) is 6.89. The first-order chi connectivity index (χ1) is 12.9. The van der Waals surface area contributed by atoms with Crippen LogP contribution in [-0.4, -0.2) is 21.6 Å². The fraction of sp³-hybridized carbons (Fsp3) is 0.350. The van der Waals surface area contributed by atoms with Crippen molar-refractivity contribution in [2.45, 2.75) is 42.0 Å². The first-order valence-electron chi connectivity index (χ1n) is 8.82. The van der Waals surface area contributed by atoms with E-state index in [1.807, 2.05) is 24.3 Å². The van der Waals surface area contributed by atoms with Crippen molar-refractivity contribution in [2.75, 3.05) is 12.4 Å². The topological polar surface area (TPSA) is 105 Å². The van der Waals surface area contributed by atoms with E-state index in [9.17, 15) is 13.7 Å². The molecule has 3 N–H and O–H groups in total. The maximum atomic E-state index is 11.8. The zero-order valence-corrected chi connectivity index (χ0v) is 16.0. The highest BCUT2D eigenvalue weighted by atomic mass is 32.2. The van der Waals surface area contributed by atoms with E-state index >= 15 is 0 Å². The summed E-state index contributed by atoms with van der Waals surface area (Å²) in [6.45, 7) is 0. The summed E-state index contributed by atoms with van der Waals surface area (Å²) in [6.07, 6.45) is 2.88. The molecule has 0 aromatic heterocycles. The van der Waals surface area contributed by atoms with Crippen LogP contribution in [-0.2, 0) is 15.4 Å². The highest BCUT2D eigenvalue weighted by molar-refractivity contribution is 7.89. The molecule has 0 aliphatic heterocycles. The lowest BCUT2D eigenvalue weighted by Crippen LogP contribution is -2.35. The minimum atomic E-state index is -3.79. The zero-order chi connectivity index (χ0) is 19.5. The van der Waals surface area contributed by atoms with Gasteiger partial charge in [-0.1, -0.05) is 24.3 Å². The van der Waals surface area contributed by atoms with Crippen LogP contribution in [0.25, 0.3) is 0 Å². The number of nitrogens with two attached hydrogens (primary N) is 1. The van der Waals surface area contributed by atoms with Gasteiger partial charge in [0, 0.05) is 6.04 Å². The zero-order valence-electron chi connectivity index (χ0n) is 15.2. The summed E-state index contributed by atoms with van der Waals surface area (Å²) in [5.41, 5.74) is 0.926. The first-order valence-corrected chi connectivity index (χ1v) is 10.4. The average molecular weight is 385 g/mol. The normalized spacial score (nSPS) is 22.6. The Labute approximate surface area is 160 Å². The van der Waals surface area contributed by atoms with Gasteiger partial charge in [0.15, 0.2) is 0 Å². The second-order valence-corrected chi connectivity index (χ2v) is 8.42. The molecule has 1 fully saturated rings. The molecule has 2 aromatic carbocycles. The number of nitriles is 1. The van der Waals surface area contributed by atoms with Crippen LogP contribution in [0.1, 0.15) is 31.2 Å². The Morgan fingerprint density at radius 2 is 1.89 bits per heavy atom. The minimum absolute atomic E-state index is 0.0833. The van der Waals surface area contributed by atoms with Crippen LogP contribution >= 0.6 is 0 Å². The number of sulfonamides is 1. The maximum Gasteiger partial charge on any atom is 0.240 e. The number of nitrogens with one attached hydrogen (secondary N) is 1. The quantitative estimate of drug-likeness (QED) is 0.822. The Morgan fingerprint density at radius 1 is 1.19 bits per heavy atom. The van der Waals surface area contributed by atoms with Gasteiger partial charge in [0.1, 0.15) is 10.6 Å². The molecule has 1 aliphatic carbocycles. The molecule has 6 nitrogen and oxygen atoms in total. The van der Waals surface area contributed by atoms with E-state index in [1.165, 1.54) is 6.07 Å². The molecule has 0 spiro atoms. The van der Waals surface area contributed by atoms with Gasteiger partial charge in [0.25, 0.3) is 0 Å². The van der Waals surface area contributed by atoms with Gasteiger partial charge in [-0.25, -0.2) is 13.6 Å². The fourth-order valence-corrected chi connectivity index (χ4v) is 4.40. The van der Waals surface area contributed by atoms with Gasteiger partial charge in [-0.2, -0.15) is 5.26 Å². The Bertz CT molecular complexity index is 958. The summed E-state index contributed by atoms with van der Waals surface area (Å²) in [5, 5.41) is 18.5. The van der Waals surface area contributed by atoms with Crippen molar-refractivity contribution in [1.29, 1.82) is 5.26 Å². The number of nitrogens with zero attached hydrogens (tertiary/aromatic N) is 1. The molecule has 27 heavy (non-hydrogen) atoms. The van der Waals surface area contributed by atoms with Crippen LogP contribution in [0.4, 0.5) is 5.69 Å². The highest BCUT2D eigenvalue weighted by Gasteiger charge is 2.37. The van der Waals surface area contributed by atoms with Gasteiger partial charge in [-0.05, 0) is 55.5 Å². The molecule has 0 radical (unpaired) electrons. The molecule has 0 unspecified atom stereocenters. The van der Waals surface area contributed by atoms with Crippen molar-refractivity contribution in [3.63, 3.8) is 0 Å². The van der Waals surface area contributed by atoms with Crippen LogP contribution in [0, 0.1) is 11.3 Å². The Balaban J connectivity index is 1.76. The van der Waals surface area contributed by atoms with E-state index in [-0.39, 0.29) is 10.9 Å². The van der Waals surface area contributed by atoms with Gasteiger partial charge >= 0.3 is 0 Å². The molecule has 1 saturated carbocycles. The molecule has 0 saturated heterocycles. The van der Waals surface area contributed by atoms with Crippen molar-refractivity contribution in [3.05, 3.63) is 54.1 Å². The third kappa shape index (κ3) is 4.07. The third-order valence-corrected chi connectivity index (χ3v) is 6.20. The number of hydrogen-bond acceptors (Lipinski definition) is 5. The number of ether oxygens (including phenoxy) is 1. The van der Waals surface area contributed by atoms with E-state index in [4.69, 9.17) is 9.88 Å². The molecule has 2 aromatic rings. The number of rotatable bonds is 5. The third-order valence-electron chi connectivity index (χ3n) is 5.23. The maximum absolute atomic E-state index is 11.8. The SMILES string of the molecule is COc1cccc([C@]2(C#N)CC[C@H](Nc3ccccc3S(N)(=O)=O)CC2)c1. The van der Waals surface area contributed by atoms with Crippen molar-refractivity contribution < 1.29 is 13.2 Å². The van der Waals surface area contributed by atoms with Crippen LogP contribution in [0.3, 0.4) is 0 Å². The van der Waals surface area contributed by atoms with Crippen LogP contribution < -0.4 is 15.2 Å². The lowest BCUT2D eigenvalue weighted by atomic mass is 9.69. The average Bonchev–Trinajstić information content (AvgIpc) is 2.68. The summed E-state index contributed by atoms with van der Waals surface area (Å²) in [6, 6.07) is 16.9. The van der Waals surface area contributed by atoms with E-state index in [0.717, 1.165) is 24.2 Å². The van der Waals surface area contributed by atoms with Gasteiger partial charge in [-0.15, -0.1) is 0 Å². The van der Waals surface area contributed by atoms with Gasteiger partial charge in [0.05, 0.1) is 24.3 Å². The first kappa shape index (κ1) is 19.2. The molecule has 0 bridgehead atoms. The number of primary sulfonamides is 1. The monoisotopic (exact) mass is 385 g/mol. The van der Waals surface area contributed by atoms with E-state index < -0.39 is 15.4 Å². The molecular formula is C20H23N3O3S. The molecule has 0 atom stereocenters. The summed E-state index contributed by atoms with van der Waals surface area (Å²) < 4.78 is 28.8. The van der Waals surface area contributed by atoms with E-state index in [1.54, 1.807) is 25.3 Å².